The van der Waals surface area contributed by atoms with Crippen LogP contribution >= 0.6 is 0 Å². The standard InChI is InChI=1S/C12H26N2/c1-2-12(7-3-4-8-12)11-14-10-6-5-9-13/h14H,2-11,13H2,1H3. The molecule has 0 aromatic rings. The second kappa shape index (κ2) is 6.41. The molecule has 0 unspecified atom stereocenters. The fourth-order valence-electron chi connectivity index (χ4n) is 2.53. The first kappa shape index (κ1) is 12.0. The maximum absolute atomic E-state index is 5.46. The molecule has 14 heavy (non-hydrogen) atoms. The van der Waals surface area contributed by atoms with E-state index < -0.39 is 0 Å². The van der Waals surface area contributed by atoms with Crippen LogP contribution in [-0.4, -0.2) is 19.6 Å². The third kappa shape index (κ3) is 3.58. The highest BCUT2D eigenvalue weighted by Crippen LogP contribution is 2.40. The Morgan fingerprint density at radius 2 is 1.93 bits per heavy atom. The lowest BCUT2D eigenvalue weighted by Crippen LogP contribution is -2.32. The lowest BCUT2D eigenvalue weighted by atomic mass is 9.83. The Balaban J connectivity index is 2.08. The first-order chi connectivity index (χ1) is 6.83. The van der Waals surface area contributed by atoms with E-state index in [0.29, 0.717) is 5.41 Å². The van der Waals surface area contributed by atoms with E-state index in [-0.39, 0.29) is 0 Å². The molecule has 0 heterocycles. The zero-order valence-electron chi connectivity index (χ0n) is 9.65. The van der Waals surface area contributed by atoms with Gasteiger partial charge in [0, 0.05) is 6.54 Å². The topological polar surface area (TPSA) is 38.0 Å². The van der Waals surface area contributed by atoms with Crippen LogP contribution in [0.1, 0.15) is 51.9 Å². The van der Waals surface area contributed by atoms with Crippen LogP contribution in [0.2, 0.25) is 0 Å². The Labute approximate surface area is 88.6 Å². The zero-order valence-corrected chi connectivity index (χ0v) is 9.65. The number of hydrogen-bond acceptors (Lipinski definition) is 2. The summed E-state index contributed by atoms with van der Waals surface area (Å²) >= 11 is 0. The molecule has 0 saturated heterocycles. The predicted molar refractivity (Wildman–Crippen MR) is 62.4 cm³/mol. The first-order valence-corrected chi connectivity index (χ1v) is 6.24. The highest BCUT2D eigenvalue weighted by Gasteiger charge is 2.30. The fourth-order valence-corrected chi connectivity index (χ4v) is 2.53. The molecular weight excluding hydrogens is 172 g/mol. The minimum absolute atomic E-state index is 0.642. The van der Waals surface area contributed by atoms with Gasteiger partial charge in [0.25, 0.3) is 0 Å². The highest BCUT2D eigenvalue weighted by molar-refractivity contribution is 4.85. The third-order valence-electron chi connectivity index (χ3n) is 3.72. The van der Waals surface area contributed by atoms with Gasteiger partial charge in [0.15, 0.2) is 0 Å². The number of nitrogens with one attached hydrogen (secondary N) is 1. The number of nitrogens with two attached hydrogens (primary N) is 1. The average molecular weight is 198 g/mol. The van der Waals surface area contributed by atoms with Gasteiger partial charge in [-0.2, -0.15) is 0 Å². The Bertz CT molecular complexity index is 139. The highest BCUT2D eigenvalue weighted by atomic mass is 14.9. The quantitative estimate of drug-likeness (QED) is 0.616. The van der Waals surface area contributed by atoms with E-state index in [9.17, 15) is 0 Å². The van der Waals surface area contributed by atoms with Gasteiger partial charge in [0.2, 0.25) is 0 Å². The summed E-state index contributed by atoms with van der Waals surface area (Å²) in [6, 6.07) is 0. The smallest absolute Gasteiger partial charge is 0.000770 e. The van der Waals surface area contributed by atoms with Crippen molar-refractivity contribution in [2.75, 3.05) is 19.6 Å². The van der Waals surface area contributed by atoms with E-state index in [1.54, 1.807) is 0 Å². The predicted octanol–water partition coefficient (Wildman–Crippen LogP) is 2.29. The molecule has 1 aliphatic rings. The van der Waals surface area contributed by atoms with Crippen LogP contribution in [0.25, 0.3) is 0 Å². The van der Waals surface area contributed by atoms with E-state index in [1.807, 2.05) is 0 Å². The molecule has 0 radical (unpaired) electrons. The summed E-state index contributed by atoms with van der Waals surface area (Å²) in [4.78, 5) is 0. The summed E-state index contributed by atoms with van der Waals surface area (Å²) in [6.07, 6.45) is 9.50. The summed E-state index contributed by atoms with van der Waals surface area (Å²) < 4.78 is 0. The minimum Gasteiger partial charge on any atom is -0.330 e. The Morgan fingerprint density at radius 3 is 2.50 bits per heavy atom. The second-order valence-electron chi connectivity index (χ2n) is 4.73. The Hall–Kier alpha value is -0.0800. The fraction of sp³-hybridized carbons (Fsp3) is 1.00. The number of hydrogen-bond donors (Lipinski definition) is 2. The SMILES string of the molecule is CCC1(CNCCCCN)CCCC1. The Kier molecular flexibility index (Phi) is 5.49. The van der Waals surface area contributed by atoms with Crippen LogP contribution in [0.5, 0.6) is 0 Å². The molecule has 1 aliphatic carbocycles. The molecule has 1 fully saturated rings. The molecule has 0 aromatic heterocycles. The van der Waals surface area contributed by atoms with Crippen molar-refractivity contribution in [1.29, 1.82) is 0 Å². The molecular formula is C12H26N2. The minimum atomic E-state index is 0.642. The van der Waals surface area contributed by atoms with Crippen molar-refractivity contribution >= 4 is 0 Å². The van der Waals surface area contributed by atoms with Crippen molar-refractivity contribution in [3.05, 3.63) is 0 Å². The molecule has 0 bridgehead atoms. The summed E-state index contributed by atoms with van der Waals surface area (Å²) in [6.45, 7) is 5.56. The molecule has 0 aliphatic heterocycles. The van der Waals surface area contributed by atoms with Crippen molar-refractivity contribution in [1.82, 2.24) is 5.32 Å². The van der Waals surface area contributed by atoms with Crippen LogP contribution < -0.4 is 11.1 Å². The molecule has 0 atom stereocenters. The van der Waals surface area contributed by atoms with Crippen LogP contribution in [0.4, 0.5) is 0 Å². The van der Waals surface area contributed by atoms with Gasteiger partial charge in [-0.15, -0.1) is 0 Å². The molecule has 0 amide bonds. The van der Waals surface area contributed by atoms with Gasteiger partial charge in [-0.1, -0.05) is 19.8 Å². The van der Waals surface area contributed by atoms with Gasteiger partial charge in [-0.3, -0.25) is 0 Å². The maximum atomic E-state index is 5.46. The van der Waals surface area contributed by atoms with Crippen molar-refractivity contribution < 1.29 is 0 Å². The van der Waals surface area contributed by atoms with Gasteiger partial charge in [0.1, 0.15) is 0 Å². The van der Waals surface area contributed by atoms with Crippen molar-refractivity contribution in [2.24, 2.45) is 11.1 Å². The second-order valence-corrected chi connectivity index (χ2v) is 4.73. The summed E-state index contributed by atoms with van der Waals surface area (Å²) in [7, 11) is 0. The monoisotopic (exact) mass is 198 g/mol. The van der Waals surface area contributed by atoms with E-state index in [4.69, 9.17) is 5.73 Å². The maximum Gasteiger partial charge on any atom is 0.000770 e. The van der Waals surface area contributed by atoms with Crippen molar-refractivity contribution in [2.45, 2.75) is 51.9 Å². The summed E-state index contributed by atoms with van der Waals surface area (Å²) in [5.41, 5.74) is 6.10. The number of rotatable bonds is 7. The third-order valence-corrected chi connectivity index (χ3v) is 3.72. The van der Waals surface area contributed by atoms with Gasteiger partial charge < -0.3 is 11.1 Å². The van der Waals surface area contributed by atoms with Gasteiger partial charge in [-0.05, 0) is 50.6 Å². The lowest BCUT2D eigenvalue weighted by Gasteiger charge is -2.27. The lowest BCUT2D eigenvalue weighted by molar-refractivity contribution is 0.268. The van der Waals surface area contributed by atoms with Crippen LogP contribution in [-0.2, 0) is 0 Å². The van der Waals surface area contributed by atoms with Crippen molar-refractivity contribution in [3.8, 4) is 0 Å². The van der Waals surface area contributed by atoms with Crippen LogP contribution in [0.15, 0.2) is 0 Å². The van der Waals surface area contributed by atoms with E-state index >= 15 is 0 Å². The van der Waals surface area contributed by atoms with E-state index in [0.717, 1.165) is 19.5 Å². The number of unbranched alkanes of at least 4 members (excludes halogenated alkanes) is 1. The van der Waals surface area contributed by atoms with Gasteiger partial charge >= 0.3 is 0 Å². The normalized spacial score (nSPS) is 20.1. The Morgan fingerprint density at radius 1 is 1.21 bits per heavy atom. The van der Waals surface area contributed by atoms with Gasteiger partial charge in [-0.25, -0.2) is 0 Å². The molecule has 0 aromatic carbocycles. The summed E-state index contributed by atoms with van der Waals surface area (Å²) in [5, 5.41) is 3.60. The van der Waals surface area contributed by atoms with Crippen LogP contribution in [0.3, 0.4) is 0 Å². The molecule has 0 spiro atoms. The molecule has 2 nitrogen and oxygen atoms in total. The molecule has 3 N–H and O–H groups in total. The summed E-state index contributed by atoms with van der Waals surface area (Å²) in [5.74, 6) is 0. The first-order valence-electron chi connectivity index (χ1n) is 6.24. The largest absolute Gasteiger partial charge is 0.330 e. The van der Waals surface area contributed by atoms with E-state index in [2.05, 4.69) is 12.2 Å². The molecule has 84 valence electrons. The van der Waals surface area contributed by atoms with Gasteiger partial charge in [0.05, 0.1) is 0 Å². The molecule has 1 saturated carbocycles. The van der Waals surface area contributed by atoms with Crippen molar-refractivity contribution in [3.63, 3.8) is 0 Å². The van der Waals surface area contributed by atoms with E-state index in [1.165, 1.54) is 45.1 Å². The zero-order chi connectivity index (χ0) is 10.3. The molecule has 2 heteroatoms. The average Bonchev–Trinajstić information content (AvgIpc) is 2.67. The molecule has 1 rings (SSSR count). The van der Waals surface area contributed by atoms with Crippen LogP contribution in [0, 0.1) is 5.41 Å².